The van der Waals surface area contributed by atoms with Crippen LogP contribution in [0, 0.1) is 23.1 Å². The normalized spacial score (nSPS) is 22.8. The van der Waals surface area contributed by atoms with E-state index in [0.29, 0.717) is 12.8 Å². The van der Waals surface area contributed by atoms with Crippen molar-refractivity contribution < 1.29 is 18.7 Å². The molecule has 2 bridgehead atoms. The first-order chi connectivity index (χ1) is 14.1. The van der Waals surface area contributed by atoms with Crippen molar-refractivity contribution >= 4 is 11.9 Å². The van der Waals surface area contributed by atoms with Crippen molar-refractivity contribution in [2.45, 2.75) is 44.4 Å². The average molecular weight is 393 g/mol. The molecule has 1 aromatic carbocycles. The summed E-state index contributed by atoms with van der Waals surface area (Å²) < 4.78 is 19.3. The van der Waals surface area contributed by atoms with Crippen LogP contribution in [0.1, 0.15) is 47.3 Å². The predicted molar refractivity (Wildman–Crippen MR) is 101 cm³/mol. The Kier molecular flexibility index (Phi) is 5.26. The lowest BCUT2D eigenvalue weighted by atomic mass is 9.85. The Bertz CT molecular complexity index is 959. The Morgan fingerprint density at radius 3 is 2.52 bits per heavy atom. The molecular formula is C22H20FN3O3. The monoisotopic (exact) mass is 393 g/mol. The van der Waals surface area contributed by atoms with Crippen LogP contribution < -0.4 is 0 Å². The van der Waals surface area contributed by atoms with Gasteiger partial charge >= 0.3 is 6.09 Å². The molecule has 3 heterocycles. The van der Waals surface area contributed by atoms with Crippen LogP contribution >= 0.6 is 0 Å². The number of ketones is 1. The summed E-state index contributed by atoms with van der Waals surface area (Å²) in [5.41, 5.74) is 0.775. The molecule has 0 spiro atoms. The number of carbonyl (C=O) groups excluding carboxylic acids is 2. The summed E-state index contributed by atoms with van der Waals surface area (Å²) in [5.74, 6) is -1.27. The molecule has 29 heavy (non-hydrogen) atoms. The lowest BCUT2D eigenvalue weighted by Crippen LogP contribution is -2.48. The van der Waals surface area contributed by atoms with E-state index in [1.54, 1.807) is 11.0 Å². The highest BCUT2D eigenvalue weighted by Gasteiger charge is 2.46. The Hall–Kier alpha value is -3.27. The zero-order valence-corrected chi connectivity index (χ0v) is 15.8. The molecule has 2 saturated heterocycles. The van der Waals surface area contributed by atoms with Crippen molar-refractivity contribution in [3.8, 4) is 6.07 Å². The maximum absolute atomic E-state index is 13.8. The number of aromatic nitrogens is 1. The van der Waals surface area contributed by atoms with E-state index in [9.17, 15) is 14.0 Å². The van der Waals surface area contributed by atoms with Crippen molar-refractivity contribution in [2.24, 2.45) is 5.92 Å². The fourth-order valence-electron chi connectivity index (χ4n) is 4.37. The van der Waals surface area contributed by atoms with Gasteiger partial charge in [-0.1, -0.05) is 30.3 Å². The number of ether oxygens (including phenoxy) is 1. The van der Waals surface area contributed by atoms with Gasteiger partial charge in [0.2, 0.25) is 0 Å². The third kappa shape index (κ3) is 3.83. The average Bonchev–Trinajstić information content (AvgIpc) is 3.01. The van der Waals surface area contributed by atoms with Crippen LogP contribution in [0.5, 0.6) is 0 Å². The van der Waals surface area contributed by atoms with Gasteiger partial charge in [-0.15, -0.1) is 0 Å². The van der Waals surface area contributed by atoms with E-state index in [2.05, 4.69) is 4.98 Å². The van der Waals surface area contributed by atoms with Crippen molar-refractivity contribution in [2.75, 3.05) is 0 Å². The highest BCUT2D eigenvalue weighted by atomic mass is 19.1. The van der Waals surface area contributed by atoms with E-state index < -0.39 is 5.82 Å². The number of nitriles is 1. The molecule has 1 aromatic heterocycles. The summed E-state index contributed by atoms with van der Waals surface area (Å²) in [7, 11) is 0. The molecule has 2 aliphatic rings. The number of rotatable bonds is 4. The number of carbonyl (C=O) groups is 2. The molecule has 6 nitrogen and oxygen atoms in total. The van der Waals surface area contributed by atoms with Gasteiger partial charge in [-0.05, 0) is 37.3 Å². The second-order valence-corrected chi connectivity index (χ2v) is 7.53. The molecule has 2 unspecified atom stereocenters. The SMILES string of the molecule is N#Cc1ncc(C(=O)C2CC3CCC(C2)N3C(=O)OCc2ccccc2)cc1F. The predicted octanol–water partition coefficient (Wildman–Crippen LogP) is 3.85. The zero-order chi connectivity index (χ0) is 20.4. The molecule has 2 aromatic rings. The number of fused-ring (bicyclic) bond motifs is 2. The molecule has 4 rings (SSSR count). The third-order valence-electron chi connectivity index (χ3n) is 5.75. The molecular weight excluding hydrogens is 373 g/mol. The van der Waals surface area contributed by atoms with Gasteiger partial charge in [-0.2, -0.15) is 5.26 Å². The molecule has 148 valence electrons. The molecule has 0 saturated carbocycles. The first-order valence-electron chi connectivity index (χ1n) is 9.65. The van der Waals surface area contributed by atoms with Gasteiger partial charge < -0.3 is 9.64 Å². The van der Waals surface area contributed by atoms with Gasteiger partial charge in [-0.25, -0.2) is 14.2 Å². The number of hydrogen-bond acceptors (Lipinski definition) is 5. The summed E-state index contributed by atoms with van der Waals surface area (Å²) in [6.45, 7) is 0.216. The molecule has 1 amide bonds. The first-order valence-corrected chi connectivity index (χ1v) is 9.65. The van der Waals surface area contributed by atoms with E-state index in [4.69, 9.17) is 10.00 Å². The number of piperidine rings is 1. The molecule has 2 atom stereocenters. The van der Waals surface area contributed by atoms with Crippen molar-refractivity contribution in [1.82, 2.24) is 9.88 Å². The molecule has 0 radical (unpaired) electrons. The first kappa shape index (κ1) is 19.1. The number of nitrogens with zero attached hydrogens (tertiary/aromatic N) is 3. The van der Waals surface area contributed by atoms with E-state index in [0.717, 1.165) is 24.5 Å². The largest absolute Gasteiger partial charge is 0.445 e. The molecule has 0 aliphatic carbocycles. The van der Waals surface area contributed by atoms with Crippen LogP contribution in [0.15, 0.2) is 42.6 Å². The maximum atomic E-state index is 13.8. The number of Topliss-reactive ketones (excluding diaryl/α,β-unsaturated/α-hetero) is 1. The maximum Gasteiger partial charge on any atom is 0.410 e. The van der Waals surface area contributed by atoms with E-state index in [1.165, 1.54) is 6.20 Å². The number of halogens is 1. The molecule has 2 fully saturated rings. The summed E-state index contributed by atoms with van der Waals surface area (Å²) in [5, 5.41) is 8.79. The quantitative estimate of drug-likeness (QED) is 0.737. The van der Waals surface area contributed by atoms with Crippen LogP contribution in [0.3, 0.4) is 0 Å². The highest BCUT2D eigenvalue weighted by Crippen LogP contribution is 2.40. The Morgan fingerprint density at radius 1 is 1.21 bits per heavy atom. The van der Waals surface area contributed by atoms with Crippen molar-refractivity contribution in [3.63, 3.8) is 0 Å². The summed E-state index contributed by atoms with van der Waals surface area (Å²) >= 11 is 0. The number of pyridine rings is 1. The van der Waals surface area contributed by atoms with Crippen LogP contribution in [-0.4, -0.2) is 33.8 Å². The second-order valence-electron chi connectivity index (χ2n) is 7.53. The lowest BCUT2D eigenvalue weighted by molar-refractivity contribution is 0.0485. The number of amides is 1. The number of benzene rings is 1. The van der Waals surface area contributed by atoms with Crippen LogP contribution in [0.25, 0.3) is 0 Å². The smallest absolute Gasteiger partial charge is 0.410 e. The molecule has 2 aliphatic heterocycles. The minimum atomic E-state index is -0.789. The fourth-order valence-corrected chi connectivity index (χ4v) is 4.37. The Morgan fingerprint density at radius 2 is 1.90 bits per heavy atom. The van der Waals surface area contributed by atoms with Gasteiger partial charge in [-0.3, -0.25) is 4.79 Å². The lowest BCUT2D eigenvalue weighted by Gasteiger charge is -2.37. The zero-order valence-electron chi connectivity index (χ0n) is 15.8. The van der Waals surface area contributed by atoms with Gasteiger partial charge in [0.1, 0.15) is 12.7 Å². The van der Waals surface area contributed by atoms with Gasteiger partial charge in [0.15, 0.2) is 17.3 Å². The second kappa shape index (κ2) is 8.00. The van der Waals surface area contributed by atoms with Gasteiger partial charge in [0.25, 0.3) is 0 Å². The van der Waals surface area contributed by atoms with E-state index in [1.807, 2.05) is 30.3 Å². The fraction of sp³-hybridized carbons (Fsp3) is 0.364. The van der Waals surface area contributed by atoms with Crippen LogP contribution in [-0.2, 0) is 11.3 Å². The summed E-state index contributed by atoms with van der Waals surface area (Å²) in [4.78, 5) is 30.9. The topological polar surface area (TPSA) is 83.3 Å². The summed E-state index contributed by atoms with van der Waals surface area (Å²) in [6.07, 6.45) is 3.61. The molecule has 7 heteroatoms. The van der Waals surface area contributed by atoms with Crippen LogP contribution in [0.4, 0.5) is 9.18 Å². The summed E-state index contributed by atoms with van der Waals surface area (Å²) in [6, 6.07) is 12.1. The van der Waals surface area contributed by atoms with Gasteiger partial charge in [0, 0.05) is 29.8 Å². The molecule has 0 N–H and O–H groups in total. The third-order valence-corrected chi connectivity index (χ3v) is 5.75. The van der Waals surface area contributed by atoms with E-state index >= 15 is 0 Å². The van der Waals surface area contributed by atoms with Crippen molar-refractivity contribution in [1.29, 1.82) is 5.26 Å². The highest BCUT2D eigenvalue weighted by molar-refractivity contribution is 5.98. The van der Waals surface area contributed by atoms with Crippen LogP contribution in [0.2, 0.25) is 0 Å². The van der Waals surface area contributed by atoms with Crippen molar-refractivity contribution in [3.05, 3.63) is 65.2 Å². The van der Waals surface area contributed by atoms with E-state index in [-0.39, 0.29) is 47.7 Å². The Balaban J connectivity index is 1.41. The standard InChI is InChI=1S/C22H20FN3O3/c23-19-10-16(12-25-20(19)11-24)21(27)15-8-17-6-7-18(9-15)26(17)22(28)29-13-14-4-2-1-3-5-14/h1-5,10,12,15,17-18H,6-9,13H2. The Labute approximate surface area is 167 Å². The minimum Gasteiger partial charge on any atom is -0.445 e. The minimum absolute atomic E-state index is 0.0536. The van der Waals surface area contributed by atoms with Gasteiger partial charge in [0.05, 0.1) is 0 Å². The number of hydrogen-bond donors (Lipinski definition) is 0.